The van der Waals surface area contributed by atoms with Crippen LogP contribution in [0.2, 0.25) is 0 Å². The first kappa shape index (κ1) is 15.7. The number of carbonyl (C=O) groups is 1. The van der Waals surface area contributed by atoms with Crippen molar-refractivity contribution < 1.29 is 18.3 Å². The van der Waals surface area contributed by atoms with Gasteiger partial charge in [-0.15, -0.1) is 0 Å². The van der Waals surface area contributed by atoms with Crippen LogP contribution in [0.3, 0.4) is 0 Å². The van der Waals surface area contributed by atoms with Gasteiger partial charge in [0.25, 0.3) is 0 Å². The Morgan fingerprint density at radius 2 is 1.85 bits per heavy atom. The maximum atomic E-state index is 12.2. The van der Waals surface area contributed by atoms with Crippen LogP contribution in [0.4, 0.5) is 0 Å². The van der Waals surface area contributed by atoms with E-state index in [9.17, 15) is 13.2 Å². The Labute approximate surface area is 120 Å². The van der Waals surface area contributed by atoms with Crippen LogP contribution in [0, 0.1) is 5.92 Å². The summed E-state index contributed by atoms with van der Waals surface area (Å²) in [5.41, 5.74) is 0. The smallest absolute Gasteiger partial charge is 0.236 e. The molecule has 7 nitrogen and oxygen atoms in total. The summed E-state index contributed by atoms with van der Waals surface area (Å²) in [6.07, 6.45) is 2.13. The molecule has 116 valence electrons. The molecule has 0 aliphatic carbocycles. The van der Waals surface area contributed by atoms with E-state index >= 15 is 0 Å². The molecule has 0 aromatic carbocycles. The van der Waals surface area contributed by atoms with Crippen LogP contribution in [-0.2, 0) is 14.8 Å². The molecule has 1 atom stereocenters. The van der Waals surface area contributed by atoms with Gasteiger partial charge in [0.05, 0.1) is 12.8 Å². The number of rotatable bonds is 4. The lowest BCUT2D eigenvalue weighted by molar-refractivity contribution is -0.133. The van der Waals surface area contributed by atoms with Gasteiger partial charge in [0.15, 0.2) is 0 Å². The Hall–Kier alpha value is -0.700. The van der Waals surface area contributed by atoms with Gasteiger partial charge < -0.3 is 10.0 Å². The highest BCUT2D eigenvalue weighted by Gasteiger charge is 2.28. The topological polar surface area (TPSA) is 81.2 Å². The number of amides is 1. The van der Waals surface area contributed by atoms with Gasteiger partial charge in [-0.25, -0.2) is 8.42 Å². The van der Waals surface area contributed by atoms with Crippen molar-refractivity contribution >= 4 is 15.9 Å². The average Bonchev–Trinajstić information content (AvgIpc) is 2.85. The van der Waals surface area contributed by atoms with Gasteiger partial charge in [0, 0.05) is 39.3 Å². The third-order valence-corrected chi connectivity index (χ3v) is 5.35. The van der Waals surface area contributed by atoms with Gasteiger partial charge in [-0.3, -0.25) is 9.69 Å². The Balaban J connectivity index is 1.78. The lowest BCUT2D eigenvalue weighted by Crippen LogP contribution is -2.52. The molecule has 2 rings (SSSR count). The first-order chi connectivity index (χ1) is 9.40. The van der Waals surface area contributed by atoms with Crippen molar-refractivity contribution in [1.82, 2.24) is 14.1 Å². The Morgan fingerprint density at radius 3 is 2.35 bits per heavy atom. The largest absolute Gasteiger partial charge is 0.396 e. The minimum absolute atomic E-state index is 0.0525. The Morgan fingerprint density at radius 1 is 1.20 bits per heavy atom. The number of hydrogen-bond donors (Lipinski definition) is 1. The van der Waals surface area contributed by atoms with Gasteiger partial charge in [-0.2, -0.15) is 4.31 Å². The number of hydrogen-bond acceptors (Lipinski definition) is 5. The highest BCUT2D eigenvalue weighted by atomic mass is 32.2. The van der Waals surface area contributed by atoms with Crippen LogP contribution < -0.4 is 0 Å². The van der Waals surface area contributed by atoms with Crippen molar-refractivity contribution in [3.63, 3.8) is 0 Å². The first-order valence-electron chi connectivity index (χ1n) is 6.96. The number of carbonyl (C=O) groups excluding carboxylic acids is 1. The molecule has 0 radical (unpaired) electrons. The van der Waals surface area contributed by atoms with Gasteiger partial charge in [0.1, 0.15) is 0 Å². The van der Waals surface area contributed by atoms with E-state index in [-0.39, 0.29) is 18.4 Å². The fraction of sp³-hybridized carbons (Fsp3) is 0.917. The van der Waals surface area contributed by atoms with E-state index in [0.717, 1.165) is 19.5 Å². The fourth-order valence-corrected chi connectivity index (χ4v) is 3.59. The zero-order chi connectivity index (χ0) is 14.8. The van der Waals surface area contributed by atoms with Crippen LogP contribution >= 0.6 is 0 Å². The second-order valence-electron chi connectivity index (χ2n) is 5.62. The minimum atomic E-state index is -3.15. The molecule has 20 heavy (non-hydrogen) atoms. The van der Waals surface area contributed by atoms with Gasteiger partial charge in [-0.05, 0) is 18.9 Å². The Kier molecular flexibility index (Phi) is 5.00. The predicted molar refractivity (Wildman–Crippen MR) is 74.6 cm³/mol. The summed E-state index contributed by atoms with van der Waals surface area (Å²) >= 11 is 0. The Bertz CT molecular complexity index is 446. The van der Waals surface area contributed by atoms with Crippen LogP contribution in [0.1, 0.15) is 6.42 Å². The maximum absolute atomic E-state index is 12.2. The molecule has 2 aliphatic rings. The zero-order valence-corrected chi connectivity index (χ0v) is 12.7. The molecule has 8 heteroatoms. The van der Waals surface area contributed by atoms with E-state index in [1.54, 1.807) is 4.90 Å². The quantitative estimate of drug-likeness (QED) is 0.677. The number of piperazine rings is 1. The number of nitrogens with zero attached hydrogens (tertiary/aromatic N) is 3. The SMILES string of the molecule is CS(=O)(=O)N1CCN(C(=O)CN2CCC(CO)C2)CC1. The second kappa shape index (κ2) is 6.38. The lowest BCUT2D eigenvalue weighted by Gasteiger charge is -2.34. The summed E-state index contributed by atoms with van der Waals surface area (Å²) in [5, 5.41) is 9.09. The fourth-order valence-electron chi connectivity index (χ4n) is 2.77. The average molecular weight is 305 g/mol. The van der Waals surface area contributed by atoms with E-state index in [1.807, 2.05) is 0 Å². The van der Waals surface area contributed by atoms with Gasteiger partial charge in [0.2, 0.25) is 15.9 Å². The molecule has 2 heterocycles. The van der Waals surface area contributed by atoms with Crippen molar-refractivity contribution in [1.29, 1.82) is 0 Å². The molecule has 1 unspecified atom stereocenters. The molecular formula is C12H23N3O4S. The summed E-state index contributed by atoms with van der Waals surface area (Å²) in [6.45, 7) is 3.85. The van der Waals surface area contributed by atoms with Crippen LogP contribution in [-0.4, -0.2) is 92.2 Å². The summed E-state index contributed by atoms with van der Waals surface area (Å²) in [5.74, 6) is 0.335. The highest BCUT2D eigenvalue weighted by molar-refractivity contribution is 7.88. The highest BCUT2D eigenvalue weighted by Crippen LogP contribution is 2.15. The van der Waals surface area contributed by atoms with E-state index in [1.165, 1.54) is 10.6 Å². The number of aliphatic hydroxyl groups is 1. The normalized spacial score (nSPS) is 26.1. The van der Waals surface area contributed by atoms with Crippen molar-refractivity contribution in [2.24, 2.45) is 5.92 Å². The zero-order valence-electron chi connectivity index (χ0n) is 11.9. The van der Waals surface area contributed by atoms with Crippen molar-refractivity contribution in [2.45, 2.75) is 6.42 Å². The number of aliphatic hydroxyl groups excluding tert-OH is 1. The molecule has 0 spiro atoms. The summed E-state index contributed by atoms with van der Waals surface area (Å²) in [4.78, 5) is 16.0. The van der Waals surface area contributed by atoms with E-state index in [4.69, 9.17) is 5.11 Å². The first-order valence-corrected chi connectivity index (χ1v) is 8.81. The second-order valence-corrected chi connectivity index (χ2v) is 7.60. The molecule has 2 fully saturated rings. The summed E-state index contributed by atoms with van der Waals surface area (Å²) in [6, 6.07) is 0. The molecule has 0 aromatic heterocycles. The molecule has 2 saturated heterocycles. The molecule has 1 N–H and O–H groups in total. The predicted octanol–water partition coefficient (Wildman–Crippen LogP) is -1.60. The maximum Gasteiger partial charge on any atom is 0.236 e. The molecule has 0 saturated carbocycles. The van der Waals surface area contributed by atoms with Gasteiger partial charge >= 0.3 is 0 Å². The van der Waals surface area contributed by atoms with Crippen LogP contribution in [0.25, 0.3) is 0 Å². The van der Waals surface area contributed by atoms with E-state index < -0.39 is 10.0 Å². The van der Waals surface area contributed by atoms with Crippen LogP contribution in [0.5, 0.6) is 0 Å². The van der Waals surface area contributed by atoms with E-state index in [2.05, 4.69) is 4.90 Å². The van der Waals surface area contributed by atoms with Crippen molar-refractivity contribution in [3.05, 3.63) is 0 Å². The number of likely N-dealkylation sites (tertiary alicyclic amines) is 1. The monoisotopic (exact) mass is 305 g/mol. The number of sulfonamides is 1. The minimum Gasteiger partial charge on any atom is -0.396 e. The van der Waals surface area contributed by atoms with Crippen molar-refractivity contribution in [3.8, 4) is 0 Å². The third-order valence-electron chi connectivity index (χ3n) is 4.05. The summed E-state index contributed by atoms with van der Waals surface area (Å²) < 4.78 is 24.2. The molecule has 1 amide bonds. The third kappa shape index (κ3) is 3.91. The van der Waals surface area contributed by atoms with Gasteiger partial charge in [-0.1, -0.05) is 0 Å². The molecule has 0 aromatic rings. The van der Waals surface area contributed by atoms with Crippen molar-refractivity contribution in [2.75, 3.05) is 58.7 Å². The lowest BCUT2D eigenvalue weighted by atomic mass is 10.1. The van der Waals surface area contributed by atoms with Crippen LogP contribution in [0.15, 0.2) is 0 Å². The summed E-state index contributed by atoms with van der Waals surface area (Å²) in [7, 11) is -3.15. The molecular weight excluding hydrogens is 282 g/mol. The molecule has 2 aliphatic heterocycles. The molecule has 0 bridgehead atoms. The standard InChI is InChI=1S/C12H23N3O4S/c1-20(18,19)15-6-4-14(5-7-15)12(17)9-13-3-2-11(8-13)10-16/h11,16H,2-10H2,1H3. The van der Waals surface area contributed by atoms with E-state index in [0.29, 0.717) is 32.7 Å².